The zero-order chi connectivity index (χ0) is 10.3. The number of hydrogen-bond donors (Lipinski definition) is 0. The number of rotatable bonds is 1. The summed E-state index contributed by atoms with van der Waals surface area (Å²) in [5.74, 6) is 0. The van der Waals surface area contributed by atoms with Crippen molar-refractivity contribution in [3.8, 4) is 0 Å². The second kappa shape index (κ2) is 3.39. The smallest absolute Gasteiger partial charge is 0.205 e. The third-order valence-electron chi connectivity index (χ3n) is 3.31. The summed E-state index contributed by atoms with van der Waals surface area (Å²) < 4.78 is 0. The van der Waals surface area contributed by atoms with Gasteiger partial charge in [-0.15, -0.1) is 0 Å². The quantitative estimate of drug-likeness (QED) is 0.624. The first-order chi connectivity index (χ1) is 7.33. The van der Waals surface area contributed by atoms with E-state index in [1.807, 2.05) is 0 Å². The largest absolute Gasteiger partial charge is 0.320 e. The molecule has 0 unspecified atom stereocenters. The molecule has 0 spiro atoms. The summed E-state index contributed by atoms with van der Waals surface area (Å²) in [5.41, 5.74) is 1.49. The predicted octanol–water partition coefficient (Wildman–Crippen LogP) is 1.57. The molecule has 2 aromatic carbocycles. The summed E-state index contributed by atoms with van der Waals surface area (Å²) in [6.07, 6.45) is 2.41. The van der Waals surface area contributed by atoms with E-state index in [4.69, 9.17) is 0 Å². The fourth-order valence-corrected chi connectivity index (χ4v) is 2.37. The molecule has 1 aliphatic rings. The van der Waals surface area contributed by atoms with Gasteiger partial charge in [0.05, 0.1) is 0 Å². The molecular formula is C13H14BN. The van der Waals surface area contributed by atoms with E-state index in [0.29, 0.717) is 0 Å². The summed E-state index contributed by atoms with van der Waals surface area (Å²) in [7, 11) is 2.18. The molecule has 1 nitrogen and oxygen atoms in total. The molecule has 0 radical (unpaired) electrons. The Kier molecular flexibility index (Phi) is 2.03. The Morgan fingerprint density at radius 3 is 2.47 bits per heavy atom. The maximum atomic E-state index is 2.36. The highest BCUT2D eigenvalue weighted by Crippen LogP contribution is 2.13. The van der Waals surface area contributed by atoms with Crippen molar-refractivity contribution in [3.63, 3.8) is 0 Å². The molecule has 1 aliphatic heterocycles. The maximum Gasteiger partial charge on any atom is 0.205 e. The molecule has 2 heteroatoms. The first-order valence-electron chi connectivity index (χ1n) is 5.50. The van der Waals surface area contributed by atoms with Crippen molar-refractivity contribution >= 4 is 22.9 Å². The van der Waals surface area contributed by atoms with Crippen LogP contribution in [0.15, 0.2) is 42.5 Å². The molecule has 3 rings (SSSR count). The van der Waals surface area contributed by atoms with Crippen molar-refractivity contribution in [2.24, 2.45) is 0 Å². The van der Waals surface area contributed by atoms with E-state index in [2.05, 4.69) is 54.4 Å². The molecular weight excluding hydrogens is 181 g/mol. The number of fused-ring (bicyclic) bond motifs is 1. The van der Waals surface area contributed by atoms with Gasteiger partial charge in [-0.1, -0.05) is 47.9 Å². The summed E-state index contributed by atoms with van der Waals surface area (Å²) in [4.78, 5) is 2.36. The van der Waals surface area contributed by atoms with Crippen LogP contribution in [0.1, 0.15) is 0 Å². The van der Waals surface area contributed by atoms with Crippen LogP contribution in [0.2, 0.25) is 0 Å². The van der Waals surface area contributed by atoms with Crippen LogP contribution in [0.5, 0.6) is 0 Å². The topological polar surface area (TPSA) is 3.24 Å². The van der Waals surface area contributed by atoms with E-state index in [0.717, 1.165) is 6.71 Å². The molecule has 1 saturated heterocycles. The van der Waals surface area contributed by atoms with Crippen LogP contribution < -0.4 is 5.46 Å². The lowest BCUT2D eigenvalue weighted by molar-refractivity contribution is 0.396. The lowest BCUT2D eigenvalue weighted by atomic mass is 9.39. The summed E-state index contributed by atoms with van der Waals surface area (Å²) in [6, 6.07) is 15.4. The molecule has 0 aromatic heterocycles. The zero-order valence-corrected chi connectivity index (χ0v) is 8.98. The zero-order valence-electron chi connectivity index (χ0n) is 8.98. The Labute approximate surface area is 90.8 Å². The highest BCUT2D eigenvalue weighted by Gasteiger charge is 2.28. The molecule has 0 aliphatic carbocycles. The van der Waals surface area contributed by atoms with Crippen molar-refractivity contribution in [3.05, 3.63) is 42.5 Å². The van der Waals surface area contributed by atoms with E-state index >= 15 is 0 Å². The molecule has 1 heterocycles. The number of hydrogen-bond acceptors (Lipinski definition) is 1. The SMILES string of the molecule is CN1CB(c2ccc3ccccc3c2)C1. The summed E-state index contributed by atoms with van der Waals surface area (Å²) >= 11 is 0. The lowest BCUT2D eigenvalue weighted by Crippen LogP contribution is -2.59. The van der Waals surface area contributed by atoms with Crippen molar-refractivity contribution in [2.45, 2.75) is 0 Å². The van der Waals surface area contributed by atoms with Gasteiger partial charge in [-0.05, 0) is 30.7 Å². The van der Waals surface area contributed by atoms with Gasteiger partial charge in [-0.3, -0.25) is 0 Å². The highest BCUT2D eigenvalue weighted by atomic mass is 15.1. The minimum Gasteiger partial charge on any atom is -0.320 e. The van der Waals surface area contributed by atoms with E-state index in [9.17, 15) is 0 Å². The summed E-state index contributed by atoms with van der Waals surface area (Å²) in [6.45, 7) is 0.750. The van der Waals surface area contributed by atoms with Crippen LogP contribution in [-0.2, 0) is 0 Å². The van der Waals surface area contributed by atoms with E-state index in [1.54, 1.807) is 0 Å². The van der Waals surface area contributed by atoms with Gasteiger partial charge >= 0.3 is 0 Å². The summed E-state index contributed by atoms with van der Waals surface area (Å²) in [5, 5.41) is 2.71. The monoisotopic (exact) mass is 195 g/mol. The minimum atomic E-state index is 0.750. The van der Waals surface area contributed by atoms with Gasteiger partial charge in [0.15, 0.2) is 0 Å². The third kappa shape index (κ3) is 1.55. The molecule has 74 valence electrons. The van der Waals surface area contributed by atoms with Gasteiger partial charge < -0.3 is 4.90 Å². The highest BCUT2D eigenvalue weighted by molar-refractivity contribution is 6.75. The average Bonchev–Trinajstić information content (AvgIpc) is 2.24. The first-order valence-corrected chi connectivity index (χ1v) is 5.50. The number of nitrogens with zero attached hydrogens (tertiary/aromatic N) is 1. The van der Waals surface area contributed by atoms with Gasteiger partial charge in [-0.2, -0.15) is 0 Å². The molecule has 15 heavy (non-hydrogen) atoms. The third-order valence-corrected chi connectivity index (χ3v) is 3.31. The Hall–Kier alpha value is -1.28. The second-order valence-corrected chi connectivity index (χ2v) is 4.52. The minimum absolute atomic E-state index is 0.750. The molecule has 0 saturated carbocycles. The Balaban J connectivity index is 1.99. The van der Waals surface area contributed by atoms with Gasteiger partial charge in [0.1, 0.15) is 0 Å². The van der Waals surface area contributed by atoms with E-state index in [1.165, 1.54) is 29.1 Å². The van der Waals surface area contributed by atoms with Crippen molar-refractivity contribution in [1.29, 1.82) is 0 Å². The van der Waals surface area contributed by atoms with Gasteiger partial charge in [0, 0.05) is 0 Å². The maximum absolute atomic E-state index is 2.36. The van der Waals surface area contributed by atoms with Crippen molar-refractivity contribution in [1.82, 2.24) is 4.90 Å². The van der Waals surface area contributed by atoms with Gasteiger partial charge in [-0.25, -0.2) is 0 Å². The van der Waals surface area contributed by atoms with Crippen molar-refractivity contribution in [2.75, 3.05) is 19.9 Å². The van der Waals surface area contributed by atoms with Crippen molar-refractivity contribution < 1.29 is 0 Å². The molecule has 0 bridgehead atoms. The molecule has 0 atom stereocenters. The molecule has 0 amide bonds. The molecule has 0 N–H and O–H groups in total. The average molecular weight is 195 g/mol. The van der Waals surface area contributed by atoms with Crippen LogP contribution in [0.25, 0.3) is 10.8 Å². The van der Waals surface area contributed by atoms with Gasteiger partial charge in [0.25, 0.3) is 0 Å². The fourth-order valence-electron chi connectivity index (χ4n) is 2.37. The van der Waals surface area contributed by atoms with Crippen LogP contribution in [0.3, 0.4) is 0 Å². The van der Waals surface area contributed by atoms with Gasteiger partial charge in [0.2, 0.25) is 6.71 Å². The van der Waals surface area contributed by atoms with E-state index < -0.39 is 0 Å². The standard InChI is InChI=1S/C13H14BN/c1-15-9-14(10-15)13-7-6-11-4-2-3-5-12(11)8-13/h2-8H,9-10H2,1H3. The van der Waals surface area contributed by atoms with Crippen LogP contribution >= 0.6 is 0 Å². The van der Waals surface area contributed by atoms with Crippen LogP contribution in [-0.4, -0.2) is 31.5 Å². The fraction of sp³-hybridized carbons (Fsp3) is 0.231. The Bertz CT molecular complexity index is 489. The Morgan fingerprint density at radius 1 is 1.00 bits per heavy atom. The van der Waals surface area contributed by atoms with E-state index in [-0.39, 0.29) is 0 Å². The second-order valence-electron chi connectivity index (χ2n) is 4.52. The van der Waals surface area contributed by atoms with Crippen LogP contribution in [0.4, 0.5) is 0 Å². The first kappa shape index (κ1) is 8.99. The Morgan fingerprint density at radius 2 is 1.73 bits per heavy atom. The molecule has 1 fully saturated rings. The lowest BCUT2D eigenvalue weighted by Gasteiger charge is -2.34. The predicted molar refractivity (Wildman–Crippen MR) is 66.8 cm³/mol. The number of benzene rings is 2. The molecule has 2 aromatic rings. The van der Waals surface area contributed by atoms with Crippen LogP contribution in [0, 0.1) is 0 Å². The normalized spacial score (nSPS) is 16.7.